The summed E-state index contributed by atoms with van der Waals surface area (Å²) in [5.74, 6) is 0.839. The zero-order chi connectivity index (χ0) is 12.1. The van der Waals surface area contributed by atoms with Gasteiger partial charge >= 0.3 is 0 Å². The quantitative estimate of drug-likeness (QED) is 0.892. The normalized spacial score (nSPS) is 19.2. The summed E-state index contributed by atoms with van der Waals surface area (Å²) in [4.78, 5) is 0. The SMILES string of the molecule is C[C@H](NCC1CCNCC1)c1cccc(Br)c1. The molecule has 0 radical (unpaired) electrons. The standard InChI is InChI=1S/C14H21BrN2/c1-11(13-3-2-4-14(15)9-13)17-10-12-5-7-16-8-6-12/h2-4,9,11-12,16-17H,5-8,10H2,1H3/t11-/m0/s1. The molecule has 0 amide bonds. The molecule has 17 heavy (non-hydrogen) atoms. The van der Waals surface area contributed by atoms with E-state index in [1.165, 1.54) is 31.5 Å². The summed E-state index contributed by atoms with van der Waals surface area (Å²) in [6, 6.07) is 8.98. The zero-order valence-corrected chi connectivity index (χ0v) is 12.0. The van der Waals surface area contributed by atoms with Crippen LogP contribution in [0, 0.1) is 5.92 Å². The fraction of sp³-hybridized carbons (Fsp3) is 0.571. The van der Waals surface area contributed by atoms with Crippen molar-refractivity contribution in [1.82, 2.24) is 10.6 Å². The first-order valence-corrected chi connectivity index (χ1v) is 7.24. The number of halogens is 1. The third-order valence-corrected chi connectivity index (χ3v) is 4.01. The summed E-state index contributed by atoms with van der Waals surface area (Å²) in [5.41, 5.74) is 1.35. The maximum absolute atomic E-state index is 3.65. The van der Waals surface area contributed by atoms with E-state index in [-0.39, 0.29) is 0 Å². The number of rotatable bonds is 4. The van der Waals surface area contributed by atoms with Crippen LogP contribution in [0.25, 0.3) is 0 Å². The fourth-order valence-electron chi connectivity index (χ4n) is 2.32. The van der Waals surface area contributed by atoms with E-state index in [0.717, 1.165) is 16.9 Å². The maximum Gasteiger partial charge on any atom is 0.0292 e. The van der Waals surface area contributed by atoms with Gasteiger partial charge in [-0.05, 0) is 63.0 Å². The molecule has 0 unspecified atom stereocenters. The number of hydrogen-bond acceptors (Lipinski definition) is 2. The predicted octanol–water partition coefficient (Wildman–Crippen LogP) is 3.10. The first-order valence-electron chi connectivity index (χ1n) is 6.45. The van der Waals surface area contributed by atoms with E-state index in [4.69, 9.17) is 0 Å². The van der Waals surface area contributed by atoms with Gasteiger partial charge < -0.3 is 10.6 Å². The maximum atomic E-state index is 3.65. The lowest BCUT2D eigenvalue weighted by atomic mass is 9.97. The van der Waals surface area contributed by atoms with Crippen LogP contribution < -0.4 is 10.6 Å². The summed E-state index contributed by atoms with van der Waals surface area (Å²) >= 11 is 3.52. The summed E-state index contributed by atoms with van der Waals surface area (Å²) in [7, 11) is 0. The first-order chi connectivity index (χ1) is 8.25. The van der Waals surface area contributed by atoms with Crippen molar-refractivity contribution in [3.8, 4) is 0 Å². The largest absolute Gasteiger partial charge is 0.317 e. The molecule has 0 saturated carbocycles. The molecule has 2 nitrogen and oxygen atoms in total. The molecule has 1 atom stereocenters. The van der Waals surface area contributed by atoms with E-state index >= 15 is 0 Å². The lowest BCUT2D eigenvalue weighted by Gasteiger charge is -2.25. The molecule has 1 aromatic rings. The van der Waals surface area contributed by atoms with Crippen molar-refractivity contribution in [2.45, 2.75) is 25.8 Å². The van der Waals surface area contributed by atoms with Gasteiger partial charge in [-0.2, -0.15) is 0 Å². The summed E-state index contributed by atoms with van der Waals surface area (Å²) in [5, 5.41) is 7.05. The van der Waals surface area contributed by atoms with E-state index in [1.54, 1.807) is 0 Å². The number of piperidine rings is 1. The van der Waals surface area contributed by atoms with Crippen molar-refractivity contribution >= 4 is 15.9 Å². The summed E-state index contributed by atoms with van der Waals surface area (Å²) < 4.78 is 1.16. The second-order valence-electron chi connectivity index (χ2n) is 4.88. The van der Waals surface area contributed by atoms with Crippen LogP contribution in [0.4, 0.5) is 0 Å². The van der Waals surface area contributed by atoms with Gasteiger partial charge in [-0.3, -0.25) is 0 Å². The lowest BCUT2D eigenvalue weighted by molar-refractivity contribution is 0.345. The van der Waals surface area contributed by atoms with E-state index in [2.05, 4.69) is 57.8 Å². The number of nitrogens with one attached hydrogen (secondary N) is 2. The van der Waals surface area contributed by atoms with Gasteiger partial charge in [0, 0.05) is 10.5 Å². The fourth-order valence-corrected chi connectivity index (χ4v) is 2.74. The van der Waals surface area contributed by atoms with Gasteiger partial charge in [-0.1, -0.05) is 28.1 Å². The van der Waals surface area contributed by atoms with Gasteiger partial charge in [-0.15, -0.1) is 0 Å². The Morgan fingerprint density at radius 3 is 2.88 bits per heavy atom. The minimum atomic E-state index is 0.433. The molecule has 0 aliphatic carbocycles. The Morgan fingerprint density at radius 2 is 2.18 bits per heavy atom. The summed E-state index contributed by atoms with van der Waals surface area (Å²) in [6.07, 6.45) is 2.61. The van der Waals surface area contributed by atoms with Gasteiger partial charge in [0.05, 0.1) is 0 Å². The first kappa shape index (κ1) is 13.1. The molecule has 94 valence electrons. The van der Waals surface area contributed by atoms with Crippen LogP contribution in [0.1, 0.15) is 31.4 Å². The molecule has 3 heteroatoms. The lowest BCUT2D eigenvalue weighted by Crippen LogP contribution is -2.34. The minimum absolute atomic E-state index is 0.433. The highest BCUT2D eigenvalue weighted by atomic mass is 79.9. The third kappa shape index (κ3) is 4.09. The van der Waals surface area contributed by atoms with Crippen LogP contribution in [0.5, 0.6) is 0 Å². The molecule has 1 heterocycles. The molecular weight excluding hydrogens is 276 g/mol. The van der Waals surface area contributed by atoms with E-state index in [1.807, 2.05) is 0 Å². The number of benzene rings is 1. The smallest absolute Gasteiger partial charge is 0.0292 e. The highest BCUT2D eigenvalue weighted by Crippen LogP contribution is 2.19. The van der Waals surface area contributed by atoms with E-state index in [0.29, 0.717) is 6.04 Å². The monoisotopic (exact) mass is 296 g/mol. The zero-order valence-electron chi connectivity index (χ0n) is 10.4. The molecule has 0 aromatic heterocycles. The van der Waals surface area contributed by atoms with Crippen LogP contribution in [0.2, 0.25) is 0 Å². The van der Waals surface area contributed by atoms with Crippen molar-refractivity contribution in [2.24, 2.45) is 5.92 Å². The van der Waals surface area contributed by atoms with Crippen molar-refractivity contribution in [3.05, 3.63) is 34.3 Å². The number of hydrogen-bond donors (Lipinski definition) is 2. The van der Waals surface area contributed by atoms with Gasteiger partial charge in [-0.25, -0.2) is 0 Å². The average molecular weight is 297 g/mol. The van der Waals surface area contributed by atoms with Crippen molar-refractivity contribution in [2.75, 3.05) is 19.6 Å². The molecule has 2 rings (SSSR count). The van der Waals surface area contributed by atoms with Crippen LogP contribution >= 0.6 is 15.9 Å². The van der Waals surface area contributed by atoms with Crippen molar-refractivity contribution in [3.63, 3.8) is 0 Å². The minimum Gasteiger partial charge on any atom is -0.317 e. The molecule has 1 saturated heterocycles. The molecule has 1 fully saturated rings. The van der Waals surface area contributed by atoms with Gasteiger partial charge in [0.15, 0.2) is 0 Å². The highest BCUT2D eigenvalue weighted by Gasteiger charge is 2.14. The molecule has 1 aliphatic rings. The Balaban J connectivity index is 1.82. The van der Waals surface area contributed by atoms with Crippen LogP contribution in [0.15, 0.2) is 28.7 Å². The van der Waals surface area contributed by atoms with Crippen LogP contribution in [-0.4, -0.2) is 19.6 Å². The van der Waals surface area contributed by atoms with Gasteiger partial charge in [0.2, 0.25) is 0 Å². The van der Waals surface area contributed by atoms with E-state index in [9.17, 15) is 0 Å². The van der Waals surface area contributed by atoms with Crippen LogP contribution in [-0.2, 0) is 0 Å². The molecular formula is C14H21BrN2. The van der Waals surface area contributed by atoms with Crippen molar-refractivity contribution < 1.29 is 0 Å². The third-order valence-electron chi connectivity index (χ3n) is 3.52. The second-order valence-corrected chi connectivity index (χ2v) is 5.79. The van der Waals surface area contributed by atoms with Gasteiger partial charge in [0.25, 0.3) is 0 Å². The Hall–Kier alpha value is -0.380. The predicted molar refractivity (Wildman–Crippen MR) is 76.2 cm³/mol. The molecule has 1 aliphatic heterocycles. The van der Waals surface area contributed by atoms with Gasteiger partial charge in [0.1, 0.15) is 0 Å². The van der Waals surface area contributed by atoms with Crippen molar-refractivity contribution in [1.29, 1.82) is 0 Å². The molecule has 0 spiro atoms. The molecule has 1 aromatic carbocycles. The Kier molecular flexibility index (Phi) is 5.01. The highest BCUT2D eigenvalue weighted by molar-refractivity contribution is 9.10. The van der Waals surface area contributed by atoms with Crippen LogP contribution in [0.3, 0.4) is 0 Å². The molecule has 2 N–H and O–H groups in total. The topological polar surface area (TPSA) is 24.1 Å². The molecule has 0 bridgehead atoms. The average Bonchev–Trinajstić information content (AvgIpc) is 2.37. The van der Waals surface area contributed by atoms with E-state index < -0.39 is 0 Å². The Bertz CT molecular complexity index is 348. The summed E-state index contributed by atoms with van der Waals surface area (Å²) in [6.45, 7) is 5.73. The Morgan fingerprint density at radius 1 is 1.41 bits per heavy atom. The Labute approximate surface area is 112 Å². The second kappa shape index (κ2) is 6.53.